The molecule has 14 heavy (non-hydrogen) atoms. The number of hydrogen-bond donors (Lipinski definition) is 1. The Bertz CT molecular complexity index is 359. The van der Waals surface area contributed by atoms with Crippen LogP contribution in [0.4, 0.5) is 0 Å². The SMILES string of the molecule is CSC1=N[C@H](c2ccccc2)C=NN1. The standard InChI is InChI=1S/C10H11N3S/c1-14-10-12-9(7-11-13-10)8-5-3-2-4-6-8/h2-7,9H,1H3,(H,12,13)/t9-/m0/s1. The molecule has 0 aliphatic carbocycles. The Morgan fingerprint density at radius 3 is 2.79 bits per heavy atom. The summed E-state index contributed by atoms with van der Waals surface area (Å²) in [5.41, 5.74) is 4.02. The van der Waals surface area contributed by atoms with Crippen LogP contribution in [0, 0.1) is 0 Å². The zero-order valence-corrected chi connectivity index (χ0v) is 8.66. The van der Waals surface area contributed by atoms with E-state index in [4.69, 9.17) is 0 Å². The van der Waals surface area contributed by atoms with E-state index in [9.17, 15) is 0 Å². The van der Waals surface area contributed by atoms with E-state index in [1.165, 1.54) is 5.56 Å². The monoisotopic (exact) mass is 205 g/mol. The van der Waals surface area contributed by atoms with Gasteiger partial charge in [0.15, 0.2) is 5.17 Å². The fourth-order valence-electron chi connectivity index (χ4n) is 1.26. The summed E-state index contributed by atoms with van der Waals surface area (Å²) in [7, 11) is 0. The van der Waals surface area contributed by atoms with Crippen molar-refractivity contribution < 1.29 is 0 Å². The van der Waals surface area contributed by atoms with Crippen LogP contribution in [0.3, 0.4) is 0 Å². The lowest BCUT2D eigenvalue weighted by Crippen LogP contribution is -2.20. The maximum absolute atomic E-state index is 4.49. The minimum Gasteiger partial charge on any atom is -0.256 e. The quantitative estimate of drug-likeness (QED) is 0.761. The third kappa shape index (κ3) is 1.96. The molecule has 0 saturated heterocycles. The van der Waals surface area contributed by atoms with Gasteiger partial charge in [-0.05, 0) is 11.8 Å². The van der Waals surface area contributed by atoms with Crippen LogP contribution in [-0.2, 0) is 0 Å². The highest BCUT2D eigenvalue weighted by Crippen LogP contribution is 2.18. The number of nitrogens with zero attached hydrogens (tertiary/aromatic N) is 2. The highest BCUT2D eigenvalue weighted by atomic mass is 32.2. The van der Waals surface area contributed by atoms with Crippen molar-refractivity contribution in [3.05, 3.63) is 35.9 Å². The van der Waals surface area contributed by atoms with Gasteiger partial charge in [0.2, 0.25) is 0 Å². The molecule has 1 aromatic carbocycles. The number of amidine groups is 1. The number of aliphatic imine (C=N–C) groups is 1. The second-order valence-electron chi connectivity index (χ2n) is 2.88. The largest absolute Gasteiger partial charge is 0.256 e. The van der Waals surface area contributed by atoms with E-state index in [1.807, 2.05) is 30.7 Å². The zero-order valence-electron chi connectivity index (χ0n) is 7.84. The van der Waals surface area contributed by atoms with Gasteiger partial charge in [-0.1, -0.05) is 42.1 Å². The van der Waals surface area contributed by atoms with Crippen molar-refractivity contribution in [2.75, 3.05) is 6.26 Å². The van der Waals surface area contributed by atoms with Crippen LogP contribution in [0.15, 0.2) is 40.4 Å². The van der Waals surface area contributed by atoms with Gasteiger partial charge in [0.05, 0.1) is 6.21 Å². The Morgan fingerprint density at radius 2 is 2.07 bits per heavy atom. The molecule has 0 saturated carbocycles. The average molecular weight is 205 g/mol. The average Bonchev–Trinajstić information content (AvgIpc) is 2.30. The van der Waals surface area contributed by atoms with Gasteiger partial charge in [0.1, 0.15) is 6.04 Å². The van der Waals surface area contributed by atoms with Crippen molar-refractivity contribution in [2.24, 2.45) is 10.1 Å². The molecular weight excluding hydrogens is 194 g/mol. The summed E-state index contributed by atoms with van der Waals surface area (Å²) >= 11 is 1.57. The van der Waals surface area contributed by atoms with E-state index in [0.717, 1.165) is 5.17 Å². The van der Waals surface area contributed by atoms with E-state index in [1.54, 1.807) is 11.8 Å². The molecule has 1 heterocycles. The molecule has 1 aliphatic rings. The Hall–Kier alpha value is -1.29. The summed E-state index contributed by atoms with van der Waals surface area (Å²) in [6.45, 7) is 0. The van der Waals surface area contributed by atoms with E-state index >= 15 is 0 Å². The predicted molar refractivity (Wildman–Crippen MR) is 61.8 cm³/mol. The van der Waals surface area contributed by atoms with E-state index < -0.39 is 0 Å². The fraction of sp³-hybridized carbons (Fsp3) is 0.200. The van der Waals surface area contributed by atoms with Gasteiger partial charge in [-0.15, -0.1) is 0 Å². The van der Waals surface area contributed by atoms with Gasteiger partial charge >= 0.3 is 0 Å². The summed E-state index contributed by atoms with van der Waals surface area (Å²) < 4.78 is 0. The van der Waals surface area contributed by atoms with E-state index in [-0.39, 0.29) is 6.04 Å². The number of hydrogen-bond acceptors (Lipinski definition) is 4. The fourth-order valence-corrected chi connectivity index (χ4v) is 1.62. The molecule has 72 valence electrons. The normalized spacial score (nSPS) is 20.1. The van der Waals surface area contributed by atoms with Gasteiger partial charge in [0.25, 0.3) is 0 Å². The summed E-state index contributed by atoms with van der Waals surface area (Å²) in [6, 6.07) is 10.2. The first-order valence-electron chi connectivity index (χ1n) is 4.36. The minimum absolute atomic E-state index is 0.0555. The van der Waals surface area contributed by atoms with E-state index in [2.05, 4.69) is 27.7 Å². The van der Waals surface area contributed by atoms with Gasteiger partial charge in [-0.2, -0.15) is 5.10 Å². The maximum atomic E-state index is 4.49. The molecule has 1 aliphatic heterocycles. The van der Waals surface area contributed by atoms with Gasteiger partial charge < -0.3 is 0 Å². The van der Waals surface area contributed by atoms with Crippen molar-refractivity contribution in [2.45, 2.75) is 6.04 Å². The molecule has 0 unspecified atom stereocenters. The molecule has 0 radical (unpaired) electrons. The third-order valence-electron chi connectivity index (χ3n) is 1.97. The van der Waals surface area contributed by atoms with E-state index in [0.29, 0.717) is 0 Å². The molecule has 1 N–H and O–H groups in total. The lowest BCUT2D eigenvalue weighted by molar-refractivity contribution is 0.895. The van der Waals surface area contributed by atoms with Crippen LogP contribution in [0.5, 0.6) is 0 Å². The number of rotatable bonds is 1. The Morgan fingerprint density at radius 1 is 1.29 bits per heavy atom. The maximum Gasteiger partial charge on any atom is 0.177 e. The smallest absolute Gasteiger partial charge is 0.177 e. The van der Waals surface area contributed by atoms with Crippen LogP contribution < -0.4 is 5.43 Å². The summed E-state index contributed by atoms with van der Waals surface area (Å²) in [5.74, 6) is 0. The van der Waals surface area contributed by atoms with Gasteiger partial charge in [-0.3, -0.25) is 5.43 Å². The molecule has 1 atom stereocenters. The summed E-state index contributed by atoms with van der Waals surface area (Å²) in [5, 5.41) is 4.92. The van der Waals surface area contributed by atoms with Crippen LogP contribution in [0.1, 0.15) is 11.6 Å². The van der Waals surface area contributed by atoms with Crippen molar-refractivity contribution >= 4 is 23.1 Å². The third-order valence-corrected chi connectivity index (χ3v) is 2.55. The second kappa shape index (κ2) is 4.28. The lowest BCUT2D eigenvalue weighted by atomic mass is 10.1. The highest BCUT2D eigenvalue weighted by Gasteiger charge is 2.11. The molecule has 4 heteroatoms. The molecule has 1 aromatic rings. The van der Waals surface area contributed by atoms with Crippen LogP contribution in [-0.4, -0.2) is 17.6 Å². The Labute approximate surface area is 87.3 Å². The topological polar surface area (TPSA) is 36.8 Å². The van der Waals surface area contributed by atoms with Crippen molar-refractivity contribution in [3.63, 3.8) is 0 Å². The molecule has 0 bridgehead atoms. The van der Waals surface area contributed by atoms with Crippen molar-refractivity contribution in [1.82, 2.24) is 5.43 Å². The van der Waals surface area contributed by atoms with Gasteiger partial charge in [0, 0.05) is 0 Å². The lowest BCUT2D eigenvalue weighted by Gasteiger charge is -2.14. The van der Waals surface area contributed by atoms with Crippen molar-refractivity contribution in [1.29, 1.82) is 0 Å². The number of benzene rings is 1. The van der Waals surface area contributed by atoms with Crippen LogP contribution in [0.2, 0.25) is 0 Å². The first-order valence-corrected chi connectivity index (χ1v) is 5.58. The molecule has 2 rings (SSSR count). The first kappa shape index (κ1) is 9.27. The van der Waals surface area contributed by atoms with Crippen LogP contribution in [0.25, 0.3) is 0 Å². The molecule has 3 nitrogen and oxygen atoms in total. The number of hydrazone groups is 1. The van der Waals surface area contributed by atoms with Crippen LogP contribution >= 0.6 is 11.8 Å². The minimum atomic E-state index is 0.0555. The molecular formula is C10H11N3S. The molecule has 0 spiro atoms. The first-order chi connectivity index (χ1) is 6.90. The predicted octanol–water partition coefficient (Wildman–Crippen LogP) is 2.04. The second-order valence-corrected chi connectivity index (χ2v) is 3.68. The Balaban J connectivity index is 2.23. The Kier molecular flexibility index (Phi) is 2.84. The molecule has 0 fully saturated rings. The summed E-state index contributed by atoms with van der Waals surface area (Å²) in [6.07, 6.45) is 3.80. The van der Waals surface area contributed by atoms with Crippen molar-refractivity contribution in [3.8, 4) is 0 Å². The summed E-state index contributed by atoms with van der Waals surface area (Å²) in [4.78, 5) is 4.49. The number of nitrogens with one attached hydrogen (secondary N) is 1. The van der Waals surface area contributed by atoms with Gasteiger partial charge in [-0.25, -0.2) is 4.99 Å². The molecule has 0 aromatic heterocycles. The zero-order chi connectivity index (χ0) is 9.80. The molecule has 0 amide bonds. The number of thioether (sulfide) groups is 1. The highest BCUT2D eigenvalue weighted by molar-refractivity contribution is 8.13.